The van der Waals surface area contributed by atoms with Crippen molar-refractivity contribution in [1.82, 2.24) is 4.90 Å². The number of Topliss-reactive ketones (excluding diaryl/α,β-unsaturated/α-hetero) is 1. The summed E-state index contributed by atoms with van der Waals surface area (Å²) in [7, 11) is 1.52. The van der Waals surface area contributed by atoms with E-state index in [9.17, 15) is 14.7 Å². The van der Waals surface area contributed by atoms with Gasteiger partial charge < -0.3 is 23.9 Å². The van der Waals surface area contributed by atoms with Crippen molar-refractivity contribution in [3.05, 3.63) is 88.9 Å². The van der Waals surface area contributed by atoms with Crippen LogP contribution in [0.4, 0.5) is 0 Å². The van der Waals surface area contributed by atoms with Crippen molar-refractivity contribution in [2.75, 3.05) is 7.11 Å². The third-order valence-electron chi connectivity index (χ3n) is 5.69. The van der Waals surface area contributed by atoms with E-state index < -0.39 is 17.7 Å². The molecule has 1 unspecified atom stereocenters. The molecule has 34 heavy (non-hydrogen) atoms. The Morgan fingerprint density at radius 2 is 1.85 bits per heavy atom. The minimum atomic E-state index is -0.854. The van der Waals surface area contributed by atoms with Gasteiger partial charge in [0.1, 0.15) is 23.0 Å². The van der Waals surface area contributed by atoms with E-state index in [0.717, 1.165) is 5.56 Å². The number of hydrogen-bond acceptors (Lipinski definition) is 6. The highest BCUT2D eigenvalue weighted by Crippen LogP contribution is 2.43. The van der Waals surface area contributed by atoms with Gasteiger partial charge in [-0.05, 0) is 62.7 Å². The summed E-state index contributed by atoms with van der Waals surface area (Å²) in [5, 5.41) is 11.3. The Morgan fingerprint density at radius 1 is 1.09 bits per heavy atom. The maximum absolute atomic E-state index is 13.2. The first-order valence-corrected chi connectivity index (χ1v) is 11.0. The molecular weight excluding hydrogens is 434 g/mol. The van der Waals surface area contributed by atoms with E-state index in [4.69, 9.17) is 13.9 Å². The van der Waals surface area contributed by atoms with Crippen LogP contribution in [-0.4, -0.2) is 34.9 Å². The van der Waals surface area contributed by atoms with Gasteiger partial charge in [0.25, 0.3) is 11.7 Å². The van der Waals surface area contributed by atoms with E-state index >= 15 is 0 Å². The fraction of sp³-hybridized carbons (Fsp3) is 0.259. The Bertz CT molecular complexity index is 1240. The Balaban J connectivity index is 1.86. The molecule has 2 aromatic carbocycles. The van der Waals surface area contributed by atoms with Gasteiger partial charge in [-0.15, -0.1) is 0 Å². The van der Waals surface area contributed by atoms with Crippen LogP contribution >= 0.6 is 0 Å². The summed E-state index contributed by atoms with van der Waals surface area (Å²) in [6.07, 6.45) is 1.50. The van der Waals surface area contributed by atoms with Crippen molar-refractivity contribution in [1.29, 1.82) is 0 Å². The molecule has 2 heterocycles. The van der Waals surface area contributed by atoms with Crippen molar-refractivity contribution in [3.8, 4) is 11.5 Å². The normalized spacial score (nSPS) is 17.4. The van der Waals surface area contributed by atoms with Crippen LogP contribution in [0.15, 0.2) is 70.9 Å². The van der Waals surface area contributed by atoms with Crippen molar-refractivity contribution < 1.29 is 28.6 Å². The Labute approximate surface area is 198 Å². The minimum Gasteiger partial charge on any atom is -0.507 e. The quantitative estimate of drug-likeness (QED) is 0.302. The molecule has 7 nitrogen and oxygen atoms in total. The number of aliphatic hydroxyl groups excluding tert-OH is 1. The fourth-order valence-electron chi connectivity index (χ4n) is 4.17. The van der Waals surface area contributed by atoms with E-state index in [1.165, 1.54) is 18.3 Å². The van der Waals surface area contributed by atoms with E-state index in [2.05, 4.69) is 0 Å². The number of carbonyl (C=O) groups is 2. The zero-order valence-corrected chi connectivity index (χ0v) is 19.6. The molecule has 0 spiro atoms. The molecule has 3 aromatic rings. The molecule has 0 radical (unpaired) electrons. The number of hydrogen-bond donors (Lipinski definition) is 1. The van der Waals surface area contributed by atoms with Crippen LogP contribution in [0.2, 0.25) is 0 Å². The summed E-state index contributed by atoms with van der Waals surface area (Å²) >= 11 is 0. The van der Waals surface area contributed by atoms with Crippen molar-refractivity contribution in [3.63, 3.8) is 0 Å². The van der Waals surface area contributed by atoms with E-state index in [1.807, 2.05) is 20.8 Å². The van der Waals surface area contributed by atoms with E-state index in [-0.39, 0.29) is 24.0 Å². The molecule has 1 fully saturated rings. The van der Waals surface area contributed by atoms with Gasteiger partial charge in [-0.2, -0.15) is 0 Å². The van der Waals surface area contributed by atoms with Gasteiger partial charge in [0.05, 0.1) is 37.6 Å². The predicted molar refractivity (Wildman–Crippen MR) is 126 cm³/mol. The number of rotatable bonds is 7. The number of aliphatic hydroxyl groups is 1. The van der Waals surface area contributed by atoms with E-state index in [1.54, 1.807) is 54.6 Å². The lowest BCUT2D eigenvalue weighted by Gasteiger charge is -2.26. The highest BCUT2D eigenvalue weighted by atomic mass is 16.5. The molecule has 1 aliphatic rings. The number of aryl methyl sites for hydroxylation is 1. The molecule has 176 valence electrons. The first-order chi connectivity index (χ1) is 16.3. The van der Waals surface area contributed by atoms with Gasteiger partial charge in [-0.1, -0.05) is 18.2 Å². The first-order valence-electron chi connectivity index (χ1n) is 11.0. The van der Waals surface area contributed by atoms with Crippen molar-refractivity contribution in [2.45, 2.75) is 39.5 Å². The standard InChI is InChI=1S/C27H27NO6/c1-16(2)34-21-12-11-18(14-17(21)3)25(29)23-24(20-9-5-6-10-22(20)32-4)28(27(31)26(23)30)15-19-8-7-13-33-19/h5-14,16,24,29H,15H2,1-4H3/b25-23+. The Hall–Kier alpha value is -4.00. The predicted octanol–water partition coefficient (Wildman–Crippen LogP) is 5.01. The molecule has 0 aliphatic carbocycles. The van der Waals surface area contributed by atoms with Gasteiger partial charge in [-0.25, -0.2) is 0 Å². The first kappa shape index (κ1) is 23.2. The molecule has 1 N–H and O–H groups in total. The van der Waals surface area contributed by atoms with Crippen LogP contribution in [0.5, 0.6) is 11.5 Å². The average molecular weight is 462 g/mol. The monoisotopic (exact) mass is 461 g/mol. The topological polar surface area (TPSA) is 89.2 Å². The largest absolute Gasteiger partial charge is 0.507 e. The van der Waals surface area contributed by atoms with Crippen LogP contribution in [0, 0.1) is 6.92 Å². The summed E-state index contributed by atoms with van der Waals surface area (Å²) < 4.78 is 16.7. The molecule has 4 rings (SSSR count). The Morgan fingerprint density at radius 3 is 2.50 bits per heavy atom. The SMILES string of the molecule is COc1ccccc1C1/C(=C(\O)c2ccc(OC(C)C)c(C)c2)C(=O)C(=O)N1Cc1ccco1. The highest BCUT2D eigenvalue weighted by Gasteiger charge is 2.47. The molecule has 1 aliphatic heterocycles. The number of benzene rings is 2. The Kier molecular flexibility index (Phi) is 6.45. The van der Waals surface area contributed by atoms with Gasteiger partial charge >= 0.3 is 0 Å². The molecule has 1 amide bonds. The van der Waals surface area contributed by atoms with Crippen molar-refractivity contribution >= 4 is 17.4 Å². The van der Waals surface area contributed by atoms with Gasteiger partial charge in [0.2, 0.25) is 0 Å². The number of amides is 1. The van der Waals surface area contributed by atoms with Gasteiger partial charge in [-0.3, -0.25) is 9.59 Å². The zero-order valence-electron chi connectivity index (χ0n) is 19.6. The number of nitrogens with zero attached hydrogens (tertiary/aromatic N) is 1. The van der Waals surface area contributed by atoms with E-state index in [0.29, 0.717) is 28.4 Å². The highest BCUT2D eigenvalue weighted by molar-refractivity contribution is 6.46. The summed E-state index contributed by atoms with van der Waals surface area (Å²) in [6, 6.07) is 14.9. The molecule has 0 saturated carbocycles. The maximum Gasteiger partial charge on any atom is 0.296 e. The number of ketones is 1. The van der Waals surface area contributed by atoms with Crippen LogP contribution in [0.1, 0.15) is 42.3 Å². The van der Waals surface area contributed by atoms with Crippen LogP contribution in [0.3, 0.4) is 0 Å². The number of methoxy groups -OCH3 is 1. The summed E-state index contributed by atoms with van der Waals surface area (Å²) in [5.74, 6) is -0.0265. The summed E-state index contributed by atoms with van der Waals surface area (Å²) in [5.41, 5.74) is 1.81. The smallest absolute Gasteiger partial charge is 0.296 e. The summed E-state index contributed by atoms with van der Waals surface area (Å²) in [4.78, 5) is 27.8. The number of likely N-dealkylation sites (tertiary alicyclic amines) is 1. The molecule has 1 saturated heterocycles. The summed E-state index contributed by atoms with van der Waals surface area (Å²) in [6.45, 7) is 5.79. The fourth-order valence-corrected chi connectivity index (χ4v) is 4.17. The lowest BCUT2D eigenvalue weighted by Crippen LogP contribution is -2.29. The number of para-hydroxylation sites is 1. The number of ether oxygens (including phenoxy) is 2. The lowest BCUT2D eigenvalue weighted by molar-refractivity contribution is -0.140. The second-order valence-corrected chi connectivity index (χ2v) is 8.40. The zero-order chi connectivity index (χ0) is 24.4. The third kappa shape index (κ3) is 4.29. The molecule has 7 heteroatoms. The second-order valence-electron chi connectivity index (χ2n) is 8.40. The number of furan rings is 1. The third-order valence-corrected chi connectivity index (χ3v) is 5.69. The molecular formula is C27H27NO6. The van der Waals surface area contributed by atoms with Crippen LogP contribution in [0.25, 0.3) is 5.76 Å². The van der Waals surface area contributed by atoms with Gasteiger partial charge in [0, 0.05) is 11.1 Å². The lowest BCUT2D eigenvalue weighted by atomic mass is 9.94. The molecule has 1 atom stereocenters. The average Bonchev–Trinajstić information content (AvgIpc) is 3.42. The number of carbonyl (C=O) groups excluding carboxylic acids is 2. The minimum absolute atomic E-state index is 0.00187. The molecule has 1 aromatic heterocycles. The van der Waals surface area contributed by atoms with Crippen molar-refractivity contribution in [2.24, 2.45) is 0 Å². The second kappa shape index (κ2) is 9.47. The van der Waals surface area contributed by atoms with Crippen LogP contribution < -0.4 is 9.47 Å². The van der Waals surface area contributed by atoms with Gasteiger partial charge in [0.15, 0.2) is 0 Å². The molecule has 0 bridgehead atoms. The van der Waals surface area contributed by atoms with Crippen LogP contribution in [-0.2, 0) is 16.1 Å². The maximum atomic E-state index is 13.2.